The lowest BCUT2D eigenvalue weighted by molar-refractivity contribution is 0.156. The number of aromatic nitrogens is 3. The zero-order chi connectivity index (χ0) is 21.8. The van der Waals surface area contributed by atoms with Crippen molar-refractivity contribution in [2.24, 2.45) is 5.10 Å². The maximum absolute atomic E-state index is 13.1. The summed E-state index contributed by atoms with van der Waals surface area (Å²) < 4.78 is 14.2. The van der Waals surface area contributed by atoms with Crippen LogP contribution in [-0.4, -0.2) is 37.4 Å². The lowest BCUT2D eigenvalue weighted by Gasteiger charge is -2.33. The van der Waals surface area contributed by atoms with Gasteiger partial charge in [0.05, 0.1) is 18.8 Å². The maximum Gasteiger partial charge on any atom is 0.331 e. The number of nitrogens with zero attached hydrogens (tertiary/aromatic N) is 4. The Hall–Kier alpha value is -3.75. The van der Waals surface area contributed by atoms with Crippen molar-refractivity contribution in [2.75, 3.05) is 6.54 Å². The number of hydrogen-bond acceptors (Lipinski definition) is 6. The number of nitrogens with one attached hydrogen (secondary N) is 1. The number of piperidine rings is 1. The summed E-state index contributed by atoms with van der Waals surface area (Å²) in [7, 11) is 0. The fraction of sp³-hybridized carbons (Fsp3) is 0.273. The van der Waals surface area contributed by atoms with Gasteiger partial charge in [-0.15, -0.1) is 0 Å². The highest BCUT2D eigenvalue weighted by atomic mass is 19.1. The van der Waals surface area contributed by atoms with Crippen LogP contribution in [0.1, 0.15) is 42.0 Å². The van der Waals surface area contributed by atoms with Crippen molar-refractivity contribution in [1.29, 1.82) is 0 Å². The molecule has 1 fully saturated rings. The molecule has 0 aliphatic carbocycles. The van der Waals surface area contributed by atoms with Gasteiger partial charge in [0.1, 0.15) is 11.4 Å². The summed E-state index contributed by atoms with van der Waals surface area (Å²) in [6, 6.07) is 9.41. The van der Waals surface area contributed by atoms with E-state index in [0.29, 0.717) is 12.1 Å². The van der Waals surface area contributed by atoms with Crippen LogP contribution >= 0.6 is 0 Å². The van der Waals surface area contributed by atoms with Gasteiger partial charge in [0.15, 0.2) is 0 Å². The molecule has 0 saturated carbocycles. The first-order chi connectivity index (χ1) is 15.0. The molecule has 31 heavy (non-hydrogen) atoms. The first-order valence-corrected chi connectivity index (χ1v) is 10.0. The van der Waals surface area contributed by atoms with Gasteiger partial charge in [0.2, 0.25) is 5.88 Å². The standard InChI is InChI=1S/C22H22FN5O3/c23-17-8-6-15(7-9-17)14-27-21(30)18(20(29)26-22(27)31)13-25-28-11-2-1-5-19(28)16-4-3-10-24-12-16/h3-4,6-10,12-13,19,30H,1-2,5,11,14H2,(H,26,29,31)/b25-13+/t19-/m0/s1. The molecule has 8 nitrogen and oxygen atoms in total. The fourth-order valence-electron chi connectivity index (χ4n) is 3.71. The summed E-state index contributed by atoms with van der Waals surface area (Å²) in [5.74, 6) is -0.893. The number of halogens is 1. The molecule has 1 aliphatic rings. The van der Waals surface area contributed by atoms with E-state index in [1.54, 1.807) is 12.4 Å². The van der Waals surface area contributed by atoms with Crippen molar-refractivity contribution in [3.63, 3.8) is 0 Å². The number of hydrogen-bond donors (Lipinski definition) is 2. The predicted molar refractivity (Wildman–Crippen MR) is 114 cm³/mol. The Balaban J connectivity index is 1.64. The Kier molecular flexibility index (Phi) is 5.92. The molecule has 1 aliphatic heterocycles. The zero-order valence-electron chi connectivity index (χ0n) is 16.7. The van der Waals surface area contributed by atoms with E-state index >= 15 is 0 Å². The van der Waals surface area contributed by atoms with E-state index in [1.807, 2.05) is 17.1 Å². The molecule has 0 bridgehead atoms. The Morgan fingerprint density at radius 3 is 2.77 bits per heavy atom. The van der Waals surface area contributed by atoms with Crippen molar-refractivity contribution >= 4 is 6.21 Å². The SMILES string of the molecule is O=c1[nH]c(=O)n(Cc2ccc(F)cc2)c(O)c1/C=N/N1CCCC[C@H]1c1cccnc1. The van der Waals surface area contributed by atoms with Crippen molar-refractivity contribution in [3.8, 4) is 5.88 Å². The smallest absolute Gasteiger partial charge is 0.331 e. The highest BCUT2D eigenvalue weighted by Gasteiger charge is 2.23. The van der Waals surface area contributed by atoms with E-state index in [2.05, 4.69) is 15.1 Å². The predicted octanol–water partition coefficient (Wildman–Crippen LogP) is 2.39. The summed E-state index contributed by atoms with van der Waals surface area (Å²) in [6.45, 7) is 0.675. The summed E-state index contributed by atoms with van der Waals surface area (Å²) in [6.07, 6.45) is 7.70. The molecule has 4 rings (SSSR count). The van der Waals surface area contributed by atoms with Gasteiger partial charge in [-0.3, -0.25) is 24.3 Å². The van der Waals surface area contributed by atoms with Crippen molar-refractivity contribution in [3.05, 3.63) is 92.1 Å². The third kappa shape index (κ3) is 4.55. The molecule has 0 radical (unpaired) electrons. The van der Waals surface area contributed by atoms with E-state index in [1.165, 1.54) is 30.5 Å². The van der Waals surface area contributed by atoms with Crippen LogP contribution in [0.2, 0.25) is 0 Å². The number of aromatic amines is 1. The first kappa shape index (κ1) is 20.5. The quantitative estimate of drug-likeness (QED) is 0.614. The van der Waals surface area contributed by atoms with E-state index in [9.17, 15) is 19.1 Å². The molecule has 2 aromatic heterocycles. The number of aromatic hydroxyl groups is 1. The molecule has 1 aromatic carbocycles. The second kappa shape index (κ2) is 8.95. The fourth-order valence-corrected chi connectivity index (χ4v) is 3.71. The topological polar surface area (TPSA) is 104 Å². The number of pyridine rings is 1. The van der Waals surface area contributed by atoms with Crippen molar-refractivity contribution in [2.45, 2.75) is 31.8 Å². The lowest BCUT2D eigenvalue weighted by Crippen LogP contribution is -2.33. The highest BCUT2D eigenvalue weighted by molar-refractivity contribution is 5.81. The second-order valence-corrected chi connectivity index (χ2v) is 7.41. The summed E-state index contributed by atoms with van der Waals surface area (Å²) in [5, 5.41) is 17.0. The molecule has 0 unspecified atom stereocenters. The molecule has 3 heterocycles. The van der Waals surface area contributed by atoms with Crippen LogP contribution in [-0.2, 0) is 6.54 Å². The molecule has 9 heteroatoms. The Labute approximate surface area is 177 Å². The van der Waals surface area contributed by atoms with Crippen LogP contribution in [0.3, 0.4) is 0 Å². The third-order valence-corrected chi connectivity index (χ3v) is 5.34. The van der Waals surface area contributed by atoms with Crippen LogP contribution in [0.15, 0.2) is 63.5 Å². The van der Waals surface area contributed by atoms with Gasteiger partial charge in [-0.05, 0) is 48.6 Å². The Bertz CT molecular complexity index is 1190. The lowest BCUT2D eigenvalue weighted by atomic mass is 9.98. The van der Waals surface area contributed by atoms with Gasteiger partial charge in [-0.2, -0.15) is 5.10 Å². The Morgan fingerprint density at radius 1 is 1.23 bits per heavy atom. The Morgan fingerprint density at radius 2 is 2.03 bits per heavy atom. The molecule has 160 valence electrons. The van der Waals surface area contributed by atoms with Crippen molar-refractivity contribution < 1.29 is 9.50 Å². The molecule has 3 aromatic rings. The largest absolute Gasteiger partial charge is 0.494 e. The maximum atomic E-state index is 13.1. The number of rotatable bonds is 5. The highest BCUT2D eigenvalue weighted by Crippen LogP contribution is 2.30. The van der Waals surface area contributed by atoms with Gasteiger partial charge in [-0.25, -0.2) is 9.18 Å². The van der Waals surface area contributed by atoms with Gasteiger partial charge in [-0.1, -0.05) is 18.2 Å². The zero-order valence-corrected chi connectivity index (χ0v) is 16.7. The monoisotopic (exact) mass is 423 g/mol. The molecular formula is C22H22FN5O3. The number of hydrazone groups is 1. The van der Waals surface area contributed by atoms with Gasteiger partial charge >= 0.3 is 5.69 Å². The molecule has 1 saturated heterocycles. The number of H-pyrrole nitrogens is 1. The van der Waals surface area contributed by atoms with Gasteiger partial charge in [0.25, 0.3) is 5.56 Å². The minimum absolute atomic E-state index is 0.0186. The molecule has 0 amide bonds. The molecular weight excluding hydrogens is 401 g/mol. The average Bonchev–Trinajstić information content (AvgIpc) is 2.78. The summed E-state index contributed by atoms with van der Waals surface area (Å²) in [4.78, 5) is 31.0. The van der Waals surface area contributed by atoms with E-state index in [0.717, 1.165) is 29.4 Å². The van der Waals surface area contributed by atoms with Crippen LogP contribution < -0.4 is 11.2 Å². The van der Waals surface area contributed by atoms with Crippen LogP contribution in [0.25, 0.3) is 0 Å². The van der Waals surface area contributed by atoms with Gasteiger partial charge in [0, 0.05) is 18.9 Å². The van der Waals surface area contributed by atoms with Crippen LogP contribution in [0.5, 0.6) is 5.88 Å². The van der Waals surface area contributed by atoms with Crippen LogP contribution in [0, 0.1) is 5.82 Å². The van der Waals surface area contributed by atoms with E-state index < -0.39 is 22.9 Å². The average molecular weight is 423 g/mol. The summed E-state index contributed by atoms with van der Waals surface area (Å²) in [5.41, 5.74) is 0.0316. The van der Waals surface area contributed by atoms with Crippen LogP contribution in [0.4, 0.5) is 4.39 Å². The van der Waals surface area contributed by atoms with Crippen molar-refractivity contribution in [1.82, 2.24) is 19.5 Å². The second-order valence-electron chi connectivity index (χ2n) is 7.41. The van der Waals surface area contributed by atoms with E-state index in [4.69, 9.17) is 0 Å². The minimum atomic E-state index is -0.754. The molecule has 2 N–H and O–H groups in total. The minimum Gasteiger partial charge on any atom is -0.494 e. The number of benzene rings is 1. The molecule has 0 spiro atoms. The molecule has 1 atom stereocenters. The normalized spacial score (nSPS) is 16.7. The summed E-state index contributed by atoms with van der Waals surface area (Å²) >= 11 is 0. The third-order valence-electron chi connectivity index (χ3n) is 5.34. The van der Waals surface area contributed by atoms with E-state index in [-0.39, 0.29) is 18.2 Å². The first-order valence-electron chi connectivity index (χ1n) is 10.0. The van der Waals surface area contributed by atoms with Gasteiger partial charge < -0.3 is 5.11 Å².